The number of aryl methyl sites for hydroxylation is 1. The minimum Gasteiger partial charge on any atom is -0.459 e. The number of carbonyl (C=O) groups excluding carboxylic acids is 1. The van der Waals surface area contributed by atoms with Crippen molar-refractivity contribution >= 4 is 17.0 Å². The quantitative estimate of drug-likeness (QED) is 0.889. The molecule has 0 radical (unpaired) electrons. The van der Waals surface area contributed by atoms with Gasteiger partial charge in [0.25, 0.3) is 0 Å². The van der Waals surface area contributed by atoms with E-state index in [-0.39, 0.29) is 30.5 Å². The van der Waals surface area contributed by atoms with Crippen LogP contribution in [0.3, 0.4) is 0 Å². The number of furan rings is 1. The summed E-state index contributed by atoms with van der Waals surface area (Å²) in [7, 11) is 0. The Kier molecular flexibility index (Phi) is 4.26. The molecule has 1 saturated carbocycles. The van der Waals surface area contributed by atoms with E-state index in [1.165, 1.54) is 12.1 Å². The topological polar surface area (TPSA) is 65.7 Å². The van der Waals surface area contributed by atoms with Gasteiger partial charge in [-0.25, -0.2) is 9.18 Å². The smallest absolute Gasteiger partial charge is 0.318 e. The molecule has 1 heterocycles. The summed E-state index contributed by atoms with van der Waals surface area (Å²) < 4.78 is 19.2. The molecule has 2 aromatic rings. The Morgan fingerprint density at radius 2 is 2.26 bits per heavy atom. The second-order valence-electron chi connectivity index (χ2n) is 6.05. The summed E-state index contributed by atoms with van der Waals surface area (Å²) >= 11 is 0. The van der Waals surface area contributed by atoms with Gasteiger partial charge in [0, 0.05) is 23.5 Å². The first-order chi connectivity index (χ1) is 11.0. The van der Waals surface area contributed by atoms with E-state index in [1.807, 2.05) is 13.8 Å². The van der Waals surface area contributed by atoms with Gasteiger partial charge in [-0.3, -0.25) is 0 Å². The number of hydrogen-bond donors (Lipinski definition) is 2. The van der Waals surface area contributed by atoms with Crippen molar-refractivity contribution in [2.45, 2.75) is 38.8 Å². The lowest BCUT2D eigenvalue weighted by atomic mass is 10.1. The summed E-state index contributed by atoms with van der Waals surface area (Å²) in [5.41, 5.74) is 1.43. The second-order valence-corrected chi connectivity index (χ2v) is 6.05. The van der Waals surface area contributed by atoms with E-state index in [9.17, 15) is 9.18 Å². The molecule has 0 aliphatic heterocycles. The van der Waals surface area contributed by atoms with Crippen molar-refractivity contribution in [2.24, 2.45) is 0 Å². The van der Waals surface area contributed by atoms with Gasteiger partial charge in [0.1, 0.15) is 17.2 Å². The highest BCUT2D eigenvalue weighted by Gasteiger charge is 2.33. The zero-order valence-electron chi connectivity index (χ0n) is 13.3. The Morgan fingerprint density at radius 1 is 1.52 bits per heavy atom. The van der Waals surface area contributed by atoms with Crippen molar-refractivity contribution in [1.82, 2.24) is 10.2 Å². The van der Waals surface area contributed by atoms with Gasteiger partial charge in [-0.05, 0) is 44.9 Å². The van der Waals surface area contributed by atoms with Crippen LogP contribution in [0.1, 0.15) is 37.1 Å². The summed E-state index contributed by atoms with van der Waals surface area (Å²) in [5, 5.41) is 12.7. The number of rotatable bonds is 5. The van der Waals surface area contributed by atoms with Crippen LogP contribution >= 0.6 is 0 Å². The number of benzene rings is 1. The molecular formula is C17H21FN2O3. The number of carbonyl (C=O) groups is 1. The Bertz CT molecular complexity index is 724. The summed E-state index contributed by atoms with van der Waals surface area (Å²) in [6.45, 7) is 3.97. The van der Waals surface area contributed by atoms with Gasteiger partial charge in [-0.2, -0.15) is 0 Å². The third kappa shape index (κ3) is 3.17. The van der Waals surface area contributed by atoms with Crippen molar-refractivity contribution in [2.75, 3.05) is 13.2 Å². The van der Waals surface area contributed by atoms with Crippen LogP contribution in [-0.2, 0) is 0 Å². The molecule has 3 rings (SSSR count). The fourth-order valence-corrected chi connectivity index (χ4v) is 2.90. The van der Waals surface area contributed by atoms with Crippen LogP contribution in [0, 0.1) is 12.7 Å². The monoisotopic (exact) mass is 320 g/mol. The molecule has 0 bridgehead atoms. The number of aliphatic hydroxyl groups excluding tert-OH is 1. The number of nitrogens with one attached hydrogen (secondary N) is 1. The van der Waals surface area contributed by atoms with Crippen LogP contribution < -0.4 is 5.32 Å². The Morgan fingerprint density at radius 3 is 2.91 bits per heavy atom. The zero-order valence-corrected chi connectivity index (χ0v) is 13.3. The number of amides is 2. The summed E-state index contributed by atoms with van der Waals surface area (Å²) in [4.78, 5) is 14.0. The van der Waals surface area contributed by atoms with Crippen molar-refractivity contribution in [3.8, 4) is 0 Å². The number of aliphatic hydroxyl groups is 1. The molecule has 1 aliphatic rings. The summed E-state index contributed by atoms with van der Waals surface area (Å²) in [5.74, 6) is 0.311. The standard InChI is InChI=1S/C17H21FN2O3/c1-10-14-9-12(18)3-6-15(14)23-16(10)11(2)19-17(22)20(7-8-21)13-4-5-13/h3,6,9,11,13,21H,4-5,7-8H2,1-2H3,(H,19,22). The first kappa shape index (κ1) is 15.8. The zero-order chi connectivity index (χ0) is 16.6. The van der Waals surface area contributed by atoms with Gasteiger partial charge in [0.15, 0.2) is 0 Å². The van der Waals surface area contributed by atoms with Crippen LogP contribution in [0.15, 0.2) is 22.6 Å². The van der Waals surface area contributed by atoms with E-state index in [0.717, 1.165) is 23.8 Å². The van der Waals surface area contributed by atoms with Crippen molar-refractivity contribution in [3.63, 3.8) is 0 Å². The minimum absolute atomic E-state index is 0.0543. The Hall–Kier alpha value is -2.08. The number of urea groups is 1. The molecule has 0 saturated heterocycles. The van der Waals surface area contributed by atoms with Crippen LogP contribution in [0.2, 0.25) is 0 Å². The van der Waals surface area contributed by atoms with Crippen molar-refractivity contribution in [3.05, 3.63) is 35.3 Å². The first-order valence-electron chi connectivity index (χ1n) is 7.87. The average molecular weight is 320 g/mol. The predicted octanol–water partition coefficient (Wildman–Crippen LogP) is 3.11. The van der Waals surface area contributed by atoms with Gasteiger partial charge >= 0.3 is 6.03 Å². The van der Waals surface area contributed by atoms with E-state index >= 15 is 0 Å². The lowest BCUT2D eigenvalue weighted by Gasteiger charge is -2.24. The van der Waals surface area contributed by atoms with Gasteiger partial charge < -0.3 is 19.7 Å². The normalized spacial score (nSPS) is 15.7. The van der Waals surface area contributed by atoms with Gasteiger partial charge in [0.05, 0.1) is 12.6 Å². The van der Waals surface area contributed by atoms with Crippen molar-refractivity contribution in [1.29, 1.82) is 0 Å². The lowest BCUT2D eigenvalue weighted by molar-refractivity contribution is 0.170. The molecule has 124 valence electrons. The third-order valence-corrected chi connectivity index (χ3v) is 4.26. The number of fused-ring (bicyclic) bond motifs is 1. The maximum absolute atomic E-state index is 13.4. The molecule has 1 fully saturated rings. The molecular weight excluding hydrogens is 299 g/mol. The Balaban J connectivity index is 1.78. The van der Waals surface area contributed by atoms with E-state index in [4.69, 9.17) is 9.52 Å². The molecule has 6 heteroatoms. The number of hydrogen-bond acceptors (Lipinski definition) is 3. The maximum Gasteiger partial charge on any atom is 0.318 e. The highest BCUT2D eigenvalue weighted by atomic mass is 19.1. The van der Waals surface area contributed by atoms with E-state index in [1.54, 1.807) is 11.0 Å². The van der Waals surface area contributed by atoms with Crippen LogP contribution in [0.25, 0.3) is 11.0 Å². The highest BCUT2D eigenvalue weighted by molar-refractivity contribution is 5.82. The minimum atomic E-state index is -0.335. The maximum atomic E-state index is 13.4. The molecule has 2 amide bonds. The predicted molar refractivity (Wildman–Crippen MR) is 84.7 cm³/mol. The summed E-state index contributed by atoms with van der Waals surface area (Å²) in [6.07, 6.45) is 1.95. The number of nitrogens with zero attached hydrogens (tertiary/aromatic N) is 1. The molecule has 1 aliphatic carbocycles. The second kappa shape index (κ2) is 6.20. The van der Waals surface area contributed by atoms with Crippen LogP contribution in [0.4, 0.5) is 9.18 Å². The Labute approximate surface area is 134 Å². The first-order valence-corrected chi connectivity index (χ1v) is 7.87. The van der Waals surface area contributed by atoms with Gasteiger partial charge in [-0.15, -0.1) is 0 Å². The van der Waals surface area contributed by atoms with E-state index < -0.39 is 0 Å². The van der Waals surface area contributed by atoms with Crippen LogP contribution in [-0.4, -0.2) is 35.2 Å². The van der Waals surface area contributed by atoms with Gasteiger partial charge in [0.2, 0.25) is 0 Å². The third-order valence-electron chi connectivity index (χ3n) is 4.26. The fraction of sp³-hybridized carbons (Fsp3) is 0.471. The summed E-state index contributed by atoms with van der Waals surface area (Å²) in [6, 6.07) is 4.07. The molecule has 1 unspecified atom stereocenters. The number of halogens is 1. The van der Waals surface area contributed by atoms with Gasteiger partial charge in [-0.1, -0.05) is 0 Å². The molecule has 2 N–H and O–H groups in total. The van der Waals surface area contributed by atoms with Crippen LogP contribution in [0.5, 0.6) is 0 Å². The van der Waals surface area contributed by atoms with E-state index in [0.29, 0.717) is 17.9 Å². The molecule has 5 nitrogen and oxygen atoms in total. The van der Waals surface area contributed by atoms with Crippen molar-refractivity contribution < 1.29 is 18.7 Å². The lowest BCUT2D eigenvalue weighted by Crippen LogP contribution is -2.43. The molecule has 1 aromatic carbocycles. The molecule has 1 atom stereocenters. The molecule has 0 spiro atoms. The average Bonchev–Trinajstić information content (AvgIpc) is 3.30. The largest absolute Gasteiger partial charge is 0.459 e. The fourth-order valence-electron chi connectivity index (χ4n) is 2.90. The molecule has 1 aromatic heterocycles. The molecule has 23 heavy (non-hydrogen) atoms. The van der Waals surface area contributed by atoms with E-state index in [2.05, 4.69) is 5.32 Å². The highest BCUT2D eigenvalue weighted by Crippen LogP contribution is 2.31. The SMILES string of the molecule is Cc1c(C(C)NC(=O)N(CCO)C2CC2)oc2ccc(F)cc12.